The Morgan fingerprint density at radius 2 is 2.12 bits per heavy atom. The largest absolute Gasteiger partial charge is 0.478 e. The van der Waals surface area contributed by atoms with Gasteiger partial charge < -0.3 is 10.4 Å². The first kappa shape index (κ1) is 14.9. The van der Waals surface area contributed by atoms with Crippen LogP contribution in [-0.4, -0.2) is 26.8 Å². The van der Waals surface area contributed by atoms with Gasteiger partial charge in [0.15, 0.2) is 0 Å². The molecule has 2 fully saturated rings. The van der Waals surface area contributed by atoms with Crippen LogP contribution >= 0.6 is 0 Å². The van der Waals surface area contributed by atoms with E-state index in [0.29, 0.717) is 17.3 Å². The van der Waals surface area contributed by atoms with Gasteiger partial charge in [-0.15, -0.1) is 0 Å². The van der Waals surface area contributed by atoms with Gasteiger partial charge in [0, 0.05) is 11.6 Å². The van der Waals surface area contributed by atoms with E-state index < -0.39 is 5.97 Å². The van der Waals surface area contributed by atoms with Gasteiger partial charge in [0.1, 0.15) is 5.56 Å². The number of nitrogens with one attached hydrogen (secondary N) is 1. The number of amides is 1. The number of carbonyl (C=O) groups is 2. The second-order valence-electron chi connectivity index (χ2n) is 6.74. The average Bonchev–Trinajstić information content (AvgIpc) is 3.43. The van der Waals surface area contributed by atoms with Crippen molar-refractivity contribution in [2.75, 3.05) is 5.32 Å². The molecule has 1 heterocycles. The SMILES string of the molecule is Cc1c(C(=O)O)cnn1-c1cccc(NC(=O)C2CC2C2CC2)c1. The number of hydrogen-bond donors (Lipinski definition) is 2. The van der Waals surface area contributed by atoms with Crippen molar-refractivity contribution in [2.45, 2.75) is 26.2 Å². The van der Waals surface area contributed by atoms with Gasteiger partial charge in [-0.2, -0.15) is 5.10 Å². The zero-order valence-electron chi connectivity index (χ0n) is 13.4. The first-order chi connectivity index (χ1) is 11.5. The lowest BCUT2D eigenvalue weighted by atomic mass is 10.2. The van der Waals surface area contributed by atoms with Gasteiger partial charge in [-0.1, -0.05) is 6.07 Å². The van der Waals surface area contributed by atoms with E-state index >= 15 is 0 Å². The Kier molecular flexibility index (Phi) is 3.40. The van der Waals surface area contributed by atoms with Crippen molar-refractivity contribution in [1.82, 2.24) is 9.78 Å². The summed E-state index contributed by atoms with van der Waals surface area (Å²) in [6, 6.07) is 7.33. The third-order valence-electron chi connectivity index (χ3n) is 5.00. The summed E-state index contributed by atoms with van der Waals surface area (Å²) in [4.78, 5) is 23.5. The van der Waals surface area contributed by atoms with Crippen molar-refractivity contribution < 1.29 is 14.7 Å². The lowest BCUT2D eigenvalue weighted by Crippen LogP contribution is -2.15. The second kappa shape index (κ2) is 5.47. The molecule has 0 bridgehead atoms. The predicted octanol–water partition coefficient (Wildman–Crippen LogP) is 2.86. The summed E-state index contributed by atoms with van der Waals surface area (Å²) in [5.74, 6) is 0.606. The van der Waals surface area contributed by atoms with Crippen molar-refractivity contribution in [1.29, 1.82) is 0 Å². The van der Waals surface area contributed by atoms with E-state index in [9.17, 15) is 9.59 Å². The second-order valence-corrected chi connectivity index (χ2v) is 6.74. The van der Waals surface area contributed by atoms with Crippen LogP contribution in [0.1, 0.15) is 35.3 Å². The molecule has 2 atom stereocenters. The van der Waals surface area contributed by atoms with E-state index in [0.717, 1.165) is 18.0 Å². The van der Waals surface area contributed by atoms with E-state index in [1.807, 2.05) is 24.3 Å². The number of carboxylic acids is 1. The highest BCUT2D eigenvalue weighted by molar-refractivity contribution is 5.94. The quantitative estimate of drug-likeness (QED) is 0.885. The minimum Gasteiger partial charge on any atom is -0.478 e. The zero-order chi connectivity index (χ0) is 16.8. The molecular formula is C18H19N3O3. The summed E-state index contributed by atoms with van der Waals surface area (Å²) in [5.41, 5.74) is 2.18. The molecule has 0 radical (unpaired) electrons. The lowest BCUT2D eigenvalue weighted by Gasteiger charge is -2.09. The number of carboxylic acid groups (broad SMARTS) is 1. The predicted molar refractivity (Wildman–Crippen MR) is 88.2 cm³/mol. The van der Waals surface area contributed by atoms with Gasteiger partial charge in [-0.05, 0) is 56.2 Å². The molecule has 6 heteroatoms. The molecule has 2 N–H and O–H groups in total. The number of carbonyl (C=O) groups excluding carboxylic acids is 1. The summed E-state index contributed by atoms with van der Waals surface area (Å²) < 4.78 is 1.57. The number of nitrogens with zero attached hydrogens (tertiary/aromatic N) is 2. The fourth-order valence-corrected chi connectivity index (χ4v) is 3.39. The summed E-state index contributed by atoms with van der Waals surface area (Å²) in [7, 11) is 0. The lowest BCUT2D eigenvalue weighted by molar-refractivity contribution is -0.117. The third-order valence-corrected chi connectivity index (χ3v) is 5.00. The molecule has 2 saturated carbocycles. The molecule has 6 nitrogen and oxygen atoms in total. The van der Waals surface area contributed by atoms with Crippen molar-refractivity contribution in [2.24, 2.45) is 17.8 Å². The topological polar surface area (TPSA) is 84.2 Å². The molecule has 4 rings (SSSR count). The van der Waals surface area contributed by atoms with E-state index in [-0.39, 0.29) is 17.4 Å². The Labute approximate surface area is 139 Å². The van der Waals surface area contributed by atoms with Gasteiger partial charge in [0.25, 0.3) is 0 Å². The molecule has 0 aliphatic heterocycles. The highest BCUT2D eigenvalue weighted by Gasteiger charge is 2.51. The van der Waals surface area contributed by atoms with Crippen LogP contribution < -0.4 is 5.32 Å². The molecule has 124 valence electrons. The van der Waals surface area contributed by atoms with Crippen molar-refractivity contribution in [3.63, 3.8) is 0 Å². The number of benzene rings is 1. The maximum atomic E-state index is 12.3. The van der Waals surface area contributed by atoms with Crippen LogP contribution in [0.4, 0.5) is 5.69 Å². The minimum absolute atomic E-state index is 0.0902. The van der Waals surface area contributed by atoms with E-state index in [4.69, 9.17) is 5.11 Å². The number of aromatic carboxylic acids is 1. The molecule has 1 amide bonds. The first-order valence-corrected chi connectivity index (χ1v) is 8.24. The maximum Gasteiger partial charge on any atom is 0.339 e. The zero-order valence-corrected chi connectivity index (χ0v) is 13.4. The van der Waals surface area contributed by atoms with E-state index in [2.05, 4.69) is 10.4 Å². The van der Waals surface area contributed by atoms with Crippen molar-refractivity contribution in [3.8, 4) is 5.69 Å². The van der Waals surface area contributed by atoms with Crippen LogP contribution in [0.3, 0.4) is 0 Å². The molecule has 2 aliphatic rings. The molecule has 0 saturated heterocycles. The Bertz CT molecular complexity index is 823. The van der Waals surface area contributed by atoms with Gasteiger partial charge >= 0.3 is 5.97 Å². The molecule has 1 aromatic carbocycles. The van der Waals surface area contributed by atoms with E-state index in [1.54, 1.807) is 11.6 Å². The summed E-state index contributed by atoms with van der Waals surface area (Å²) in [5, 5.41) is 16.3. The van der Waals surface area contributed by atoms with E-state index in [1.165, 1.54) is 19.0 Å². The Hall–Kier alpha value is -2.63. The molecule has 2 aromatic rings. The van der Waals surface area contributed by atoms with Crippen LogP contribution in [-0.2, 0) is 4.79 Å². The molecular weight excluding hydrogens is 306 g/mol. The molecule has 24 heavy (non-hydrogen) atoms. The third kappa shape index (κ3) is 2.68. The molecule has 1 aromatic heterocycles. The van der Waals surface area contributed by atoms with Crippen LogP contribution in [0.25, 0.3) is 5.69 Å². The summed E-state index contributed by atoms with van der Waals surface area (Å²) in [6.45, 7) is 1.71. The number of rotatable bonds is 5. The first-order valence-electron chi connectivity index (χ1n) is 8.24. The summed E-state index contributed by atoms with van der Waals surface area (Å²) in [6.07, 6.45) is 4.90. The van der Waals surface area contributed by atoms with Crippen LogP contribution in [0.5, 0.6) is 0 Å². The smallest absolute Gasteiger partial charge is 0.339 e. The molecule has 0 spiro atoms. The average molecular weight is 325 g/mol. The monoisotopic (exact) mass is 325 g/mol. The maximum absolute atomic E-state index is 12.3. The van der Waals surface area contributed by atoms with Crippen LogP contribution in [0.15, 0.2) is 30.5 Å². The fraction of sp³-hybridized carbons (Fsp3) is 0.389. The van der Waals surface area contributed by atoms with Crippen LogP contribution in [0.2, 0.25) is 0 Å². The number of hydrogen-bond acceptors (Lipinski definition) is 3. The van der Waals surface area contributed by atoms with Gasteiger partial charge in [-0.25, -0.2) is 9.48 Å². The summed E-state index contributed by atoms with van der Waals surface area (Å²) >= 11 is 0. The van der Waals surface area contributed by atoms with Gasteiger partial charge in [0.05, 0.1) is 17.6 Å². The molecule has 2 aliphatic carbocycles. The van der Waals surface area contributed by atoms with Gasteiger partial charge in [-0.3, -0.25) is 4.79 Å². The highest BCUT2D eigenvalue weighted by Crippen LogP contribution is 2.54. The van der Waals surface area contributed by atoms with Crippen molar-refractivity contribution in [3.05, 3.63) is 41.7 Å². The van der Waals surface area contributed by atoms with Gasteiger partial charge in [0.2, 0.25) is 5.91 Å². The number of aromatic nitrogens is 2. The Morgan fingerprint density at radius 3 is 2.79 bits per heavy atom. The fourth-order valence-electron chi connectivity index (χ4n) is 3.39. The standard InChI is InChI=1S/C18H19N3O3/c1-10-16(18(23)24)9-19-21(10)13-4-2-3-12(7-13)20-17(22)15-8-14(15)11-5-6-11/h2-4,7,9,11,14-15H,5-6,8H2,1H3,(H,20,22)(H,23,24). The van der Waals surface area contributed by atoms with Crippen molar-refractivity contribution >= 4 is 17.6 Å². The minimum atomic E-state index is -0.997. The Morgan fingerprint density at radius 1 is 1.33 bits per heavy atom. The Balaban J connectivity index is 1.51. The number of anilines is 1. The highest BCUT2D eigenvalue weighted by atomic mass is 16.4. The van der Waals surface area contributed by atoms with Crippen LogP contribution in [0, 0.1) is 24.7 Å². The normalized spacial score (nSPS) is 22.2. The molecule has 2 unspecified atom stereocenters.